The van der Waals surface area contributed by atoms with Gasteiger partial charge in [0.1, 0.15) is 11.5 Å². The highest BCUT2D eigenvalue weighted by Gasteiger charge is 2.34. The van der Waals surface area contributed by atoms with Gasteiger partial charge in [0.2, 0.25) is 0 Å². The van der Waals surface area contributed by atoms with Crippen molar-refractivity contribution in [1.82, 2.24) is 9.97 Å². The van der Waals surface area contributed by atoms with E-state index in [1.807, 2.05) is 0 Å². The van der Waals surface area contributed by atoms with Crippen LogP contribution in [0.4, 0.5) is 5.82 Å². The van der Waals surface area contributed by atoms with E-state index in [0.29, 0.717) is 11.7 Å². The molecule has 1 aliphatic carbocycles. The maximum Gasteiger partial charge on any atom is 0.190 e. The predicted molar refractivity (Wildman–Crippen MR) is 76.9 cm³/mol. The Bertz CT molecular complexity index is 481. The van der Waals surface area contributed by atoms with Crippen molar-refractivity contribution in [3.8, 4) is 0 Å². The van der Waals surface area contributed by atoms with Crippen LogP contribution in [0.2, 0.25) is 0 Å². The van der Waals surface area contributed by atoms with E-state index in [1.165, 1.54) is 38.5 Å². The lowest BCUT2D eigenvalue weighted by molar-refractivity contribution is 0.318. The van der Waals surface area contributed by atoms with Gasteiger partial charge in [-0.2, -0.15) is 0 Å². The molecule has 0 aromatic carbocycles. The standard InChI is InChI=1S/C14H21N5O/c15-14(18-20)11-8-17-13(9-16-11)19-7-3-6-12(19)10-4-1-2-5-10/h8-10,12,20H,1-7H2,(H2,15,18). The van der Waals surface area contributed by atoms with E-state index < -0.39 is 0 Å². The highest BCUT2D eigenvalue weighted by atomic mass is 16.4. The number of hydrogen-bond acceptors (Lipinski definition) is 5. The van der Waals surface area contributed by atoms with Crippen LogP contribution in [0, 0.1) is 5.92 Å². The third-order valence-corrected chi connectivity index (χ3v) is 4.55. The minimum atomic E-state index is -0.00202. The maximum atomic E-state index is 8.64. The minimum absolute atomic E-state index is 0.00202. The molecule has 2 fully saturated rings. The zero-order valence-electron chi connectivity index (χ0n) is 11.6. The van der Waals surface area contributed by atoms with Gasteiger partial charge < -0.3 is 15.8 Å². The highest BCUT2D eigenvalue weighted by molar-refractivity contribution is 5.94. The molecule has 1 unspecified atom stereocenters. The predicted octanol–water partition coefficient (Wildman–Crippen LogP) is 1.73. The first-order chi connectivity index (χ1) is 9.79. The van der Waals surface area contributed by atoms with Crippen LogP contribution < -0.4 is 10.6 Å². The number of rotatable bonds is 3. The summed E-state index contributed by atoms with van der Waals surface area (Å²) in [5.74, 6) is 1.72. The third-order valence-electron chi connectivity index (χ3n) is 4.55. The minimum Gasteiger partial charge on any atom is -0.409 e. The molecule has 0 amide bonds. The average Bonchev–Trinajstić information content (AvgIpc) is 3.16. The zero-order valence-corrected chi connectivity index (χ0v) is 11.6. The molecule has 1 saturated carbocycles. The van der Waals surface area contributed by atoms with Crippen LogP contribution >= 0.6 is 0 Å². The van der Waals surface area contributed by atoms with E-state index in [1.54, 1.807) is 12.4 Å². The van der Waals surface area contributed by atoms with E-state index in [-0.39, 0.29) is 5.84 Å². The molecule has 2 aliphatic rings. The molecule has 3 rings (SSSR count). The summed E-state index contributed by atoms with van der Waals surface area (Å²) >= 11 is 0. The van der Waals surface area contributed by atoms with E-state index in [9.17, 15) is 0 Å². The lowest BCUT2D eigenvalue weighted by Crippen LogP contribution is -2.35. The Balaban J connectivity index is 1.77. The van der Waals surface area contributed by atoms with Crippen LogP contribution in [-0.4, -0.2) is 33.6 Å². The molecule has 0 spiro atoms. The van der Waals surface area contributed by atoms with E-state index in [0.717, 1.165) is 18.3 Å². The Morgan fingerprint density at radius 1 is 1.20 bits per heavy atom. The van der Waals surface area contributed by atoms with Gasteiger partial charge in [0, 0.05) is 12.6 Å². The fourth-order valence-electron chi connectivity index (χ4n) is 3.56. The molecule has 1 atom stereocenters. The van der Waals surface area contributed by atoms with Crippen molar-refractivity contribution >= 4 is 11.7 Å². The summed E-state index contributed by atoms with van der Waals surface area (Å²) in [5, 5.41) is 11.6. The van der Waals surface area contributed by atoms with Crippen LogP contribution in [0.25, 0.3) is 0 Å². The zero-order chi connectivity index (χ0) is 13.9. The molecule has 1 aromatic rings. The first-order valence-electron chi connectivity index (χ1n) is 7.36. The average molecular weight is 275 g/mol. The number of aromatic nitrogens is 2. The fourth-order valence-corrected chi connectivity index (χ4v) is 3.56. The van der Waals surface area contributed by atoms with Crippen molar-refractivity contribution < 1.29 is 5.21 Å². The Hall–Kier alpha value is -1.85. The van der Waals surface area contributed by atoms with Crippen molar-refractivity contribution in [3.63, 3.8) is 0 Å². The van der Waals surface area contributed by atoms with Crippen molar-refractivity contribution in [2.45, 2.75) is 44.6 Å². The van der Waals surface area contributed by atoms with Crippen LogP contribution in [0.5, 0.6) is 0 Å². The van der Waals surface area contributed by atoms with Gasteiger partial charge in [0.15, 0.2) is 5.84 Å². The molecule has 0 bridgehead atoms. The Labute approximate surface area is 118 Å². The normalized spacial score (nSPS) is 24.5. The van der Waals surface area contributed by atoms with E-state index >= 15 is 0 Å². The quantitative estimate of drug-likeness (QED) is 0.379. The van der Waals surface area contributed by atoms with Gasteiger partial charge in [-0.25, -0.2) is 9.97 Å². The smallest absolute Gasteiger partial charge is 0.190 e. The monoisotopic (exact) mass is 275 g/mol. The van der Waals surface area contributed by atoms with Crippen molar-refractivity contribution in [3.05, 3.63) is 18.1 Å². The van der Waals surface area contributed by atoms with E-state index in [4.69, 9.17) is 10.9 Å². The largest absolute Gasteiger partial charge is 0.409 e. The van der Waals surface area contributed by atoms with Crippen molar-refractivity contribution in [2.24, 2.45) is 16.8 Å². The molecule has 3 N–H and O–H groups in total. The molecule has 1 aromatic heterocycles. The van der Waals surface area contributed by atoms with Crippen LogP contribution in [0.1, 0.15) is 44.2 Å². The number of nitrogens with zero attached hydrogens (tertiary/aromatic N) is 4. The first kappa shape index (κ1) is 13.1. The maximum absolute atomic E-state index is 8.64. The molecule has 6 heteroatoms. The highest BCUT2D eigenvalue weighted by Crippen LogP contribution is 2.36. The summed E-state index contributed by atoms with van der Waals surface area (Å²) in [6, 6.07) is 0.613. The summed E-state index contributed by atoms with van der Waals surface area (Å²) in [6.45, 7) is 1.05. The Morgan fingerprint density at radius 2 is 2.00 bits per heavy atom. The second kappa shape index (κ2) is 5.64. The van der Waals surface area contributed by atoms with Gasteiger partial charge in [-0.1, -0.05) is 18.0 Å². The molecular formula is C14H21N5O. The van der Waals surface area contributed by atoms with Crippen LogP contribution in [0.3, 0.4) is 0 Å². The number of nitrogens with two attached hydrogens (primary N) is 1. The number of anilines is 1. The SMILES string of the molecule is NC(=NO)c1cnc(N2CCCC2C2CCCC2)cn1. The summed E-state index contributed by atoms with van der Waals surface area (Å²) in [4.78, 5) is 11.1. The number of hydrogen-bond donors (Lipinski definition) is 2. The second-order valence-corrected chi connectivity index (χ2v) is 5.69. The summed E-state index contributed by atoms with van der Waals surface area (Å²) < 4.78 is 0. The van der Waals surface area contributed by atoms with Gasteiger partial charge in [-0.3, -0.25) is 0 Å². The molecule has 6 nitrogen and oxygen atoms in total. The Morgan fingerprint density at radius 3 is 2.65 bits per heavy atom. The topological polar surface area (TPSA) is 87.6 Å². The van der Waals surface area contributed by atoms with Crippen LogP contribution in [-0.2, 0) is 0 Å². The molecular weight excluding hydrogens is 254 g/mol. The van der Waals surface area contributed by atoms with Gasteiger partial charge in [-0.15, -0.1) is 0 Å². The first-order valence-corrected chi connectivity index (χ1v) is 7.36. The fraction of sp³-hybridized carbons (Fsp3) is 0.643. The van der Waals surface area contributed by atoms with E-state index in [2.05, 4.69) is 20.0 Å². The number of oxime groups is 1. The van der Waals surface area contributed by atoms with Crippen LogP contribution in [0.15, 0.2) is 17.5 Å². The van der Waals surface area contributed by atoms with Gasteiger partial charge in [-0.05, 0) is 31.6 Å². The molecule has 20 heavy (non-hydrogen) atoms. The molecule has 2 heterocycles. The molecule has 1 saturated heterocycles. The van der Waals surface area contributed by atoms with Crippen molar-refractivity contribution in [2.75, 3.05) is 11.4 Å². The Kier molecular flexibility index (Phi) is 3.71. The summed E-state index contributed by atoms with van der Waals surface area (Å²) in [6.07, 6.45) is 11.2. The third kappa shape index (κ3) is 2.42. The lowest BCUT2D eigenvalue weighted by atomic mass is 9.96. The second-order valence-electron chi connectivity index (χ2n) is 5.69. The molecule has 1 aliphatic heterocycles. The summed E-state index contributed by atoms with van der Waals surface area (Å²) in [5.41, 5.74) is 5.92. The van der Waals surface area contributed by atoms with Crippen molar-refractivity contribution in [1.29, 1.82) is 0 Å². The summed E-state index contributed by atoms with van der Waals surface area (Å²) in [7, 11) is 0. The van der Waals surface area contributed by atoms with Gasteiger partial charge in [0.05, 0.1) is 12.4 Å². The van der Waals surface area contributed by atoms with Gasteiger partial charge >= 0.3 is 0 Å². The molecule has 0 radical (unpaired) electrons. The van der Waals surface area contributed by atoms with Gasteiger partial charge in [0.25, 0.3) is 0 Å². The number of amidine groups is 1. The lowest BCUT2D eigenvalue weighted by Gasteiger charge is -2.30. The molecule has 108 valence electrons.